The van der Waals surface area contributed by atoms with Crippen LogP contribution in [0.3, 0.4) is 0 Å². The van der Waals surface area contributed by atoms with Crippen molar-refractivity contribution in [1.82, 2.24) is 4.90 Å². The lowest BCUT2D eigenvalue weighted by Gasteiger charge is -2.32. The number of amides is 1. The second-order valence-corrected chi connectivity index (χ2v) is 5.67. The van der Waals surface area contributed by atoms with E-state index in [-0.39, 0.29) is 18.6 Å². The van der Waals surface area contributed by atoms with Crippen LogP contribution < -0.4 is 4.90 Å². The largest absolute Gasteiger partial charge is 0.394 e. The number of anilines is 1. The molecular weight excluding hydrogens is 280 g/mol. The van der Waals surface area contributed by atoms with Gasteiger partial charge >= 0.3 is 0 Å². The van der Waals surface area contributed by atoms with Gasteiger partial charge in [-0.2, -0.15) is 0 Å². The van der Waals surface area contributed by atoms with Gasteiger partial charge in [-0.1, -0.05) is 0 Å². The zero-order valence-electron chi connectivity index (χ0n) is 13.5. The lowest BCUT2D eigenvalue weighted by Crippen LogP contribution is -2.43. The summed E-state index contributed by atoms with van der Waals surface area (Å²) in [7, 11) is 2.03. The van der Waals surface area contributed by atoms with Gasteiger partial charge in [-0.3, -0.25) is 4.79 Å². The maximum absolute atomic E-state index is 12.6. The molecule has 1 N–H and O–H groups in total. The van der Waals surface area contributed by atoms with Crippen LogP contribution in [0.1, 0.15) is 30.1 Å². The standard InChI is InChI=1S/C17H26N2O3/c1-3-18(2)15-8-6-14(7-9-15)17(21)19-10-4-5-16(13-19)22-12-11-20/h6-9,16,20H,3-5,10-13H2,1-2H3. The van der Waals surface area contributed by atoms with Crippen molar-refractivity contribution >= 4 is 11.6 Å². The van der Waals surface area contributed by atoms with Gasteiger partial charge in [0.2, 0.25) is 0 Å². The molecule has 1 fully saturated rings. The number of aliphatic hydroxyl groups is 1. The number of carbonyl (C=O) groups excluding carboxylic acids is 1. The van der Waals surface area contributed by atoms with Crippen molar-refractivity contribution in [3.05, 3.63) is 29.8 Å². The summed E-state index contributed by atoms with van der Waals surface area (Å²) in [6.07, 6.45) is 1.93. The maximum Gasteiger partial charge on any atom is 0.253 e. The Morgan fingerprint density at radius 2 is 2.14 bits per heavy atom. The fourth-order valence-corrected chi connectivity index (χ4v) is 2.70. The van der Waals surface area contributed by atoms with Gasteiger partial charge in [0.05, 0.1) is 19.3 Å². The van der Waals surface area contributed by atoms with E-state index in [0.29, 0.717) is 13.2 Å². The van der Waals surface area contributed by atoms with Crippen molar-refractivity contribution in [3.8, 4) is 0 Å². The molecule has 1 aromatic carbocycles. The quantitative estimate of drug-likeness (QED) is 0.870. The lowest BCUT2D eigenvalue weighted by molar-refractivity contribution is -0.0110. The Kier molecular flexibility index (Phi) is 6.21. The van der Waals surface area contributed by atoms with Gasteiger partial charge in [-0.15, -0.1) is 0 Å². The Labute approximate surface area is 132 Å². The van der Waals surface area contributed by atoms with Gasteiger partial charge < -0.3 is 19.6 Å². The van der Waals surface area contributed by atoms with Crippen molar-refractivity contribution in [1.29, 1.82) is 0 Å². The molecule has 1 unspecified atom stereocenters. The number of nitrogens with zero attached hydrogens (tertiary/aromatic N) is 2. The molecule has 1 aliphatic heterocycles. The highest BCUT2D eigenvalue weighted by Crippen LogP contribution is 2.18. The highest BCUT2D eigenvalue weighted by Gasteiger charge is 2.24. The molecule has 0 aromatic heterocycles. The first kappa shape index (κ1) is 16.8. The molecule has 22 heavy (non-hydrogen) atoms. The number of hydrogen-bond acceptors (Lipinski definition) is 4. The van der Waals surface area contributed by atoms with E-state index in [1.165, 1.54) is 0 Å². The molecule has 0 spiro atoms. The minimum absolute atomic E-state index is 0.0247. The Hall–Kier alpha value is -1.59. The second kappa shape index (κ2) is 8.15. The number of hydrogen-bond donors (Lipinski definition) is 1. The van der Waals surface area contributed by atoms with Gasteiger partial charge in [-0.25, -0.2) is 0 Å². The second-order valence-electron chi connectivity index (χ2n) is 5.67. The summed E-state index contributed by atoms with van der Waals surface area (Å²) in [5, 5.41) is 8.83. The molecular formula is C17H26N2O3. The van der Waals surface area contributed by atoms with Crippen LogP contribution in [0.2, 0.25) is 0 Å². The van der Waals surface area contributed by atoms with Crippen molar-refractivity contribution in [2.75, 3.05) is 44.8 Å². The Balaban J connectivity index is 1.98. The van der Waals surface area contributed by atoms with Crippen molar-refractivity contribution in [3.63, 3.8) is 0 Å². The summed E-state index contributed by atoms with van der Waals surface area (Å²) in [4.78, 5) is 16.6. The molecule has 1 saturated heterocycles. The molecule has 2 rings (SSSR count). The normalized spacial score (nSPS) is 18.3. The van der Waals surface area contributed by atoms with E-state index >= 15 is 0 Å². The van der Waals surface area contributed by atoms with Gasteiger partial charge in [0.1, 0.15) is 0 Å². The average molecular weight is 306 g/mol. The molecule has 0 aliphatic carbocycles. The average Bonchev–Trinajstić information content (AvgIpc) is 2.59. The number of benzene rings is 1. The van der Waals surface area contributed by atoms with Crippen LogP contribution in [-0.2, 0) is 4.74 Å². The maximum atomic E-state index is 12.6. The van der Waals surface area contributed by atoms with Crippen molar-refractivity contribution < 1.29 is 14.6 Å². The van der Waals surface area contributed by atoms with E-state index in [1.807, 2.05) is 36.2 Å². The van der Waals surface area contributed by atoms with Crippen LogP contribution in [0, 0.1) is 0 Å². The van der Waals surface area contributed by atoms with Gasteiger partial charge in [0.25, 0.3) is 5.91 Å². The third-order valence-corrected chi connectivity index (χ3v) is 4.14. The summed E-state index contributed by atoms with van der Waals surface area (Å²) in [5.41, 5.74) is 1.83. The predicted molar refractivity (Wildman–Crippen MR) is 87.3 cm³/mol. The number of ether oxygens (including phenoxy) is 1. The Morgan fingerprint density at radius 3 is 2.77 bits per heavy atom. The summed E-state index contributed by atoms with van der Waals surface area (Å²) < 4.78 is 5.56. The molecule has 1 atom stereocenters. The zero-order valence-corrected chi connectivity index (χ0v) is 13.5. The minimum Gasteiger partial charge on any atom is -0.394 e. The Bertz CT molecular complexity index is 475. The van der Waals surface area contributed by atoms with Crippen LogP contribution in [-0.4, -0.2) is 61.9 Å². The van der Waals surface area contributed by atoms with Crippen LogP contribution in [0.15, 0.2) is 24.3 Å². The van der Waals surface area contributed by atoms with Crippen LogP contribution >= 0.6 is 0 Å². The van der Waals surface area contributed by atoms with E-state index in [0.717, 1.165) is 37.2 Å². The van der Waals surface area contributed by atoms with E-state index in [9.17, 15) is 4.79 Å². The molecule has 1 aromatic rings. The SMILES string of the molecule is CCN(C)c1ccc(C(=O)N2CCCC(OCCO)C2)cc1. The molecule has 1 amide bonds. The topological polar surface area (TPSA) is 53.0 Å². The van der Waals surface area contributed by atoms with Crippen LogP contribution in [0.5, 0.6) is 0 Å². The van der Waals surface area contributed by atoms with Gasteiger partial charge in [0, 0.05) is 37.9 Å². The third-order valence-electron chi connectivity index (χ3n) is 4.14. The van der Waals surface area contributed by atoms with Gasteiger partial charge in [0.15, 0.2) is 0 Å². The number of likely N-dealkylation sites (tertiary alicyclic amines) is 1. The van der Waals surface area contributed by atoms with E-state index in [1.54, 1.807) is 0 Å². The molecule has 0 saturated carbocycles. The summed E-state index contributed by atoms with van der Waals surface area (Å²) in [6.45, 7) is 4.77. The summed E-state index contributed by atoms with van der Waals surface area (Å²) in [5.74, 6) is 0.0583. The Morgan fingerprint density at radius 1 is 1.41 bits per heavy atom. The smallest absolute Gasteiger partial charge is 0.253 e. The van der Waals surface area contributed by atoms with Gasteiger partial charge in [-0.05, 0) is 44.0 Å². The number of rotatable bonds is 6. The van der Waals surface area contributed by atoms with E-state index in [4.69, 9.17) is 9.84 Å². The highest BCUT2D eigenvalue weighted by atomic mass is 16.5. The van der Waals surface area contributed by atoms with Crippen LogP contribution in [0.25, 0.3) is 0 Å². The molecule has 1 heterocycles. The van der Waals surface area contributed by atoms with Crippen molar-refractivity contribution in [2.45, 2.75) is 25.9 Å². The monoisotopic (exact) mass is 306 g/mol. The van der Waals surface area contributed by atoms with Crippen LogP contribution in [0.4, 0.5) is 5.69 Å². The molecule has 5 heteroatoms. The fraction of sp³-hybridized carbons (Fsp3) is 0.588. The predicted octanol–water partition coefficient (Wildman–Crippen LogP) is 1.76. The van der Waals surface area contributed by atoms with E-state index in [2.05, 4.69) is 11.8 Å². The molecule has 0 bridgehead atoms. The lowest BCUT2D eigenvalue weighted by atomic mass is 10.1. The minimum atomic E-state index is 0.0247. The molecule has 0 radical (unpaired) electrons. The molecule has 1 aliphatic rings. The number of aliphatic hydroxyl groups excluding tert-OH is 1. The molecule has 5 nitrogen and oxygen atoms in total. The summed E-state index contributed by atoms with van der Waals surface area (Å²) >= 11 is 0. The highest BCUT2D eigenvalue weighted by molar-refractivity contribution is 5.94. The third kappa shape index (κ3) is 4.21. The first-order chi connectivity index (χ1) is 10.7. The number of carbonyl (C=O) groups is 1. The zero-order chi connectivity index (χ0) is 15.9. The first-order valence-corrected chi connectivity index (χ1v) is 7.98. The number of piperidine rings is 1. The first-order valence-electron chi connectivity index (χ1n) is 7.98. The van der Waals surface area contributed by atoms with E-state index < -0.39 is 0 Å². The summed E-state index contributed by atoms with van der Waals surface area (Å²) in [6, 6.07) is 7.75. The van der Waals surface area contributed by atoms with Crippen molar-refractivity contribution in [2.24, 2.45) is 0 Å². The fourth-order valence-electron chi connectivity index (χ4n) is 2.70. The molecule has 122 valence electrons.